The summed E-state index contributed by atoms with van der Waals surface area (Å²) >= 11 is 4.85. The van der Waals surface area contributed by atoms with Crippen LogP contribution < -0.4 is 0 Å². The average molecular weight is 709 g/mol. The predicted molar refractivity (Wildman–Crippen MR) is 188 cm³/mol. The van der Waals surface area contributed by atoms with Crippen molar-refractivity contribution in [3.05, 3.63) is 0 Å². The van der Waals surface area contributed by atoms with E-state index >= 15 is 0 Å². The van der Waals surface area contributed by atoms with Gasteiger partial charge in [0.2, 0.25) is 7.58 Å². The Hall–Kier alpha value is 1.37. The van der Waals surface area contributed by atoms with Crippen molar-refractivity contribution in [2.45, 2.75) is 125 Å². The molecule has 42 heavy (non-hydrogen) atoms. The van der Waals surface area contributed by atoms with Gasteiger partial charge in [-0.2, -0.15) is 0 Å². The normalized spacial score (nSPS) is 17.6. The zero-order valence-corrected chi connectivity index (χ0v) is 32.0. The molecule has 1 aliphatic rings. The Bertz CT molecular complexity index is 693. The van der Waals surface area contributed by atoms with Crippen LogP contribution in [0.5, 0.6) is 0 Å². The number of carbonyl (C=O) groups is 1. The second-order valence-corrected chi connectivity index (χ2v) is 25.8. The van der Waals surface area contributed by atoms with Gasteiger partial charge in [-0.25, -0.2) is 0 Å². The van der Waals surface area contributed by atoms with Gasteiger partial charge in [0.15, 0.2) is 0 Å². The van der Waals surface area contributed by atoms with E-state index in [1.807, 2.05) is 0 Å². The monoisotopic (exact) mass is 708 g/mol. The molecule has 2 unspecified atom stereocenters. The topological polar surface area (TPSA) is 80.3 Å². The minimum absolute atomic E-state index is 0.174. The number of hydrogen-bond acceptors (Lipinski definition) is 11. The Kier molecular flexibility index (Phi) is 26.1. The predicted octanol–water partition coefficient (Wildman–Crippen LogP) is 11.7. The Morgan fingerprint density at radius 3 is 1.79 bits per heavy atom. The second-order valence-electron chi connectivity index (χ2n) is 12.0. The molecular weight excluding hydrogens is 651 g/mol. The zero-order valence-electron chi connectivity index (χ0n) is 26.9. The highest BCUT2D eigenvalue weighted by Gasteiger charge is 2.34. The van der Waals surface area contributed by atoms with Crippen molar-refractivity contribution in [2.24, 2.45) is 17.8 Å². The van der Waals surface area contributed by atoms with Gasteiger partial charge >= 0.3 is 5.97 Å². The molecule has 0 spiro atoms. The largest absolute Gasteiger partial charge is 0.465 e. The van der Waals surface area contributed by atoms with Crippen LogP contribution in [0.15, 0.2) is 0 Å². The van der Waals surface area contributed by atoms with E-state index in [4.69, 9.17) is 22.2 Å². The summed E-state index contributed by atoms with van der Waals surface area (Å²) in [5.41, 5.74) is 0. The first-order valence-electron chi connectivity index (χ1n) is 15.8. The van der Waals surface area contributed by atoms with Crippen molar-refractivity contribution in [1.29, 1.82) is 0 Å². The van der Waals surface area contributed by atoms with Crippen LogP contribution in [-0.4, -0.2) is 50.0 Å². The summed E-state index contributed by atoms with van der Waals surface area (Å²) in [5.74, 6) is 2.68. The van der Waals surface area contributed by atoms with Crippen LogP contribution in [0.3, 0.4) is 0 Å². The highest BCUT2D eigenvalue weighted by Crippen LogP contribution is 2.78. The van der Waals surface area contributed by atoms with E-state index in [0.717, 1.165) is 79.6 Å². The summed E-state index contributed by atoms with van der Waals surface area (Å²) in [6, 6.07) is 0. The van der Waals surface area contributed by atoms with Crippen LogP contribution in [0.25, 0.3) is 0 Å². The van der Waals surface area contributed by atoms with Gasteiger partial charge in [0.1, 0.15) is 0 Å². The molecule has 0 aromatic heterocycles. The summed E-state index contributed by atoms with van der Waals surface area (Å²) in [6.45, 7) is 15.5. The Labute approximate surface area is 275 Å². The second kappa shape index (κ2) is 26.4. The van der Waals surface area contributed by atoms with E-state index in [2.05, 4.69) is 41.5 Å². The van der Waals surface area contributed by atoms with Gasteiger partial charge < -0.3 is 22.2 Å². The number of carbonyl (C=O) groups excluding carboxylic acids is 1. The average Bonchev–Trinajstić information content (AvgIpc) is 3.39. The molecule has 0 aromatic rings. The minimum atomic E-state index is -2.90. The third kappa shape index (κ3) is 24.6. The fourth-order valence-electron chi connectivity index (χ4n) is 3.85. The van der Waals surface area contributed by atoms with Gasteiger partial charge in [0, 0.05) is 5.75 Å². The van der Waals surface area contributed by atoms with Gasteiger partial charge in [-0.05, 0) is 37.0 Å². The van der Waals surface area contributed by atoms with Crippen molar-refractivity contribution in [3.63, 3.8) is 0 Å². The Balaban J connectivity index is 2.34. The molecular formula is C29H58O7P2S4. The third-order valence-corrected chi connectivity index (χ3v) is 18.3. The third-order valence-electron chi connectivity index (χ3n) is 6.30. The fraction of sp³-hybridized carbons (Fsp3) is 0.966. The highest BCUT2D eigenvalue weighted by atomic mass is 33.4. The van der Waals surface area contributed by atoms with E-state index in [0.29, 0.717) is 32.2 Å². The molecule has 1 heterocycles. The molecule has 1 rings (SSSR count). The van der Waals surface area contributed by atoms with Crippen LogP contribution in [-0.2, 0) is 31.5 Å². The van der Waals surface area contributed by atoms with Crippen LogP contribution in [0, 0.1) is 17.8 Å². The van der Waals surface area contributed by atoms with Gasteiger partial charge in [-0.15, -0.1) is 0 Å². The maximum Gasteiger partial charge on any atom is 0.316 e. The summed E-state index contributed by atoms with van der Waals surface area (Å²) in [6.07, 6.45) is 13.2. The van der Waals surface area contributed by atoms with Crippen molar-refractivity contribution in [1.82, 2.24) is 0 Å². The van der Waals surface area contributed by atoms with Crippen LogP contribution >= 0.6 is 58.4 Å². The lowest BCUT2D eigenvalue weighted by Gasteiger charge is -2.17. The minimum Gasteiger partial charge on any atom is -0.465 e. The highest BCUT2D eigenvalue weighted by molar-refractivity contribution is 9.13. The van der Waals surface area contributed by atoms with E-state index in [1.54, 1.807) is 0 Å². The molecule has 1 fully saturated rings. The smallest absolute Gasteiger partial charge is 0.316 e. The first kappa shape index (κ1) is 41.4. The van der Waals surface area contributed by atoms with Crippen LogP contribution in [0.4, 0.5) is 0 Å². The van der Waals surface area contributed by atoms with Gasteiger partial charge in [-0.3, -0.25) is 9.36 Å². The molecule has 0 N–H and O–H groups in total. The molecule has 0 bridgehead atoms. The van der Waals surface area contributed by atoms with E-state index in [1.165, 1.54) is 61.3 Å². The molecule has 1 saturated heterocycles. The first-order valence-corrected chi connectivity index (χ1v) is 24.6. The molecule has 0 aromatic carbocycles. The van der Waals surface area contributed by atoms with Crippen molar-refractivity contribution in [2.75, 3.05) is 37.9 Å². The molecule has 250 valence electrons. The first-order chi connectivity index (χ1) is 20.1. The molecule has 0 aliphatic carbocycles. The van der Waals surface area contributed by atoms with E-state index < -0.39 is 12.3 Å². The SMILES string of the molecule is CC(C)CCCCCOSP(=O)(SCC1COP(SCC(=O)OCCCCCC(C)C)O1)SOCCCCCC(C)C. The van der Waals surface area contributed by atoms with Gasteiger partial charge in [0.25, 0.3) is 4.75 Å². The standard InChI is InChI=1S/C29H58O7P2S4/c1-25(2)16-10-7-13-19-32-29(30)24-39-37-33-22-28(36-37)23-40-38(31,41-34-20-14-8-11-17-26(3)4)42-35-21-15-9-12-18-27(5)6/h25-28H,7-24H2,1-6H3. The maximum atomic E-state index is 13.7. The fourth-order valence-corrected chi connectivity index (χ4v) is 14.2. The molecule has 0 amide bonds. The molecule has 7 nitrogen and oxygen atoms in total. The van der Waals surface area contributed by atoms with Crippen molar-refractivity contribution < 1.29 is 31.5 Å². The zero-order chi connectivity index (χ0) is 31.1. The van der Waals surface area contributed by atoms with Crippen molar-refractivity contribution in [3.8, 4) is 0 Å². The van der Waals surface area contributed by atoms with Crippen molar-refractivity contribution >= 4 is 64.4 Å². The quantitative estimate of drug-likeness (QED) is 0.0337. The Morgan fingerprint density at radius 2 is 1.29 bits per heavy atom. The molecule has 1 aliphatic heterocycles. The number of ether oxygens (including phenoxy) is 1. The number of hydrogen-bond donors (Lipinski definition) is 0. The molecule has 0 radical (unpaired) electrons. The maximum absolute atomic E-state index is 13.7. The van der Waals surface area contributed by atoms with Crippen LogP contribution in [0.1, 0.15) is 119 Å². The van der Waals surface area contributed by atoms with E-state index in [-0.39, 0.29) is 17.8 Å². The lowest BCUT2D eigenvalue weighted by atomic mass is 10.1. The Morgan fingerprint density at radius 1 is 0.786 bits per heavy atom. The molecule has 0 saturated carbocycles. The lowest BCUT2D eigenvalue weighted by molar-refractivity contribution is -0.140. The number of rotatable bonds is 28. The number of unbranched alkanes of at least 4 members (excludes halogenated alkanes) is 6. The van der Waals surface area contributed by atoms with Gasteiger partial charge in [-0.1, -0.05) is 122 Å². The number of esters is 1. The summed E-state index contributed by atoms with van der Waals surface area (Å²) < 4.78 is 39.6. The van der Waals surface area contributed by atoms with E-state index in [9.17, 15) is 9.36 Å². The summed E-state index contributed by atoms with van der Waals surface area (Å²) in [4.78, 5) is 12.1. The molecule has 13 heteroatoms. The molecule has 2 atom stereocenters. The summed E-state index contributed by atoms with van der Waals surface area (Å²) in [7, 11) is -1.21. The van der Waals surface area contributed by atoms with Gasteiger partial charge in [0.05, 0.1) is 61.6 Å². The summed E-state index contributed by atoms with van der Waals surface area (Å²) in [5, 5.41) is 0. The van der Waals surface area contributed by atoms with Crippen LogP contribution in [0.2, 0.25) is 0 Å². The lowest BCUT2D eigenvalue weighted by Crippen LogP contribution is -2.11.